The molecule has 0 aromatic carbocycles. The number of pyridine rings is 1. The first-order valence-electron chi connectivity index (χ1n) is 7.19. The number of hydrogen-bond acceptors (Lipinski definition) is 4. The van der Waals surface area contributed by atoms with Crippen LogP contribution in [0.25, 0.3) is 0 Å². The molecule has 2 heterocycles. The van der Waals surface area contributed by atoms with E-state index in [0.29, 0.717) is 12.0 Å². The van der Waals surface area contributed by atoms with Gasteiger partial charge in [-0.25, -0.2) is 9.37 Å². The van der Waals surface area contributed by atoms with E-state index in [1.807, 2.05) is 6.92 Å². The second-order valence-electron chi connectivity index (χ2n) is 6.09. The Morgan fingerprint density at radius 3 is 2.71 bits per heavy atom. The Morgan fingerprint density at radius 1 is 1.38 bits per heavy atom. The van der Waals surface area contributed by atoms with E-state index >= 15 is 0 Å². The summed E-state index contributed by atoms with van der Waals surface area (Å²) in [5, 5.41) is 6.46. The monoisotopic (exact) mass is 307 g/mol. The van der Waals surface area contributed by atoms with Crippen LogP contribution in [0.5, 0.6) is 0 Å². The second-order valence-corrected chi connectivity index (χ2v) is 7.03. The van der Waals surface area contributed by atoms with Gasteiger partial charge in [0.05, 0.1) is 16.9 Å². The van der Waals surface area contributed by atoms with Crippen molar-refractivity contribution in [1.29, 1.82) is 0 Å². The van der Waals surface area contributed by atoms with Gasteiger partial charge in [-0.3, -0.25) is 4.98 Å². The summed E-state index contributed by atoms with van der Waals surface area (Å²) in [7, 11) is 0. The van der Waals surface area contributed by atoms with Gasteiger partial charge in [0, 0.05) is 35.0 Å². The molecule has 2 aromatic rings. The number of halogens is 1. The van der Waals surface area contributed by atoms with E-state index in [2.05, 4.69) is 36.5 Å². The molecule has 0 spiro atoms. The fourth-order valence-corrected chi connectivity index (χ4v) is 3.20. The van der Waals surface area contributed by atoms with Gasteiger partial charge in [-0.1, -0.05) is 27.7 Å². The summed E-state index contributed by atoms with van der Waals surface area (Å²) in [5.41, 5.74) is 1.79. The molecule has 1 atom stereocenters. The number of likely N-dealkylation sites (N-methyl/N-ethyl adjacent to an activating group) is 1. The first-order valence-corrected chi connectivity index (χ1v) is 8.07. The molecular weight excluding hydrogens is 285 g/mol. The molecule has 0 saturated carbocycles. The van der Waals surface area contributed by atoms with Gasteiger partial charge < -0.3 is 5.32 Å². The highest BCUT2D eigenvalue weighted by Crippen LogP contribution is 2.27. The van der Waals surface area contributed by atoms with Crippen LogP contribution in [0.4, 0.5) is 4.39 Å². The largest absolute Gasteiger partial charge is 0.310 e. The van der Waals surface area contributed by atoms with E-state index < -0.39 is 0 Å². The molecule has 0 radical (unpaired) electrons. The Labute approximate surface area is 129 Å². The summed E-state index contributed by atoms with van der Waals surface area (Å²) in [5.74, 6) is -0.268. The number of aromatic nitrogens is 2. The third kappa shape index (κ3) is 4.08. The minimum atomic E-state index is -0.268. The molecule has 0 aliphatic carbocycles. The molecular formula is C16H22FN3S. The number of hydrogen-bond donors (Lipinski definition) is 1. The van der Waals surface area contributed by atoms with E-state index in [0.717, 1.165) is 17.2 Å². The summed E-state index contributed by atoms with van der Waals surface area (Å²) in [6, 6.07) is 1.66. The summed E-state index contributed by atoms with van der Waals surface area (Å²) in [6.07, 6.45) is 3.59. The standard InChI is InChI=1S/C16H22FN3S/c1-5-19-13(11-6-7-18-9-12(11)17)8-15-20-14(10-21-15)16(2,3)4/h6-7,9-10,13,19H,5,8H2,1-4H3. The normalized spacial score (nSPS) is 13.4. The zero-order valence-electron chi connectivity index (χ0n) is 13.0. The summed E-state index contributed by atoms with van der Waals surface area (Å²) < 4.78 is 13.9. The van der Waals surface area contributed by atoms with Gasteiger partial charge in [-0.15, -0.1) is 11.3 Å². The Hall–Kier alpha value is -1.33. The quantitative estimate of drug-likeness (QED) is 0.911. The molecule has 1 N–H and O–H groups in total. The van der Waals surface area contributed by atoms with Crippen LogP contribution in [-0.4, -0.2) is 16.5 Å². The molecule has 2 rings (SSSR count). The van der Waals surface area contributed by atoms with Crippen LogP contribution in [0.15, 0.2) is 23.8 Å². The van der Waals surface area contributed by atoms with Crippen molar-refractivity contribution in [3.63, 3.8) is 0 Å². The van der Waals surface area contributed by atoms with Crippen molar-refractivity contribution in [1.82, 2.24) is 15.3 Å². The Kier molecular flexibility index (Phi) is 5.06. The molecule has 2 aromatic heterocycles. The highest BCUT2D eigenvalue weighted by atomic mass is 32.1. The molecule has 0 amide bonds. The minimum Gasteiger partial charge on any atom is -0.310 e. The Bertz CT molecular complexity index is 589. The molecule has 0 aliphatic rings. The SMILES string of the molecule is CCNC(Cc1nc(C(C)(C)C)cs1)c1ccncc1F. The van der Waals surface area contributed by atoms with Crippen molar-refractivity contribution in [2.45, 2.75) is 45.6 Å². The van der Waals surface area contributed by atoms with Gasteiger partial charge in [0.25, 0.3) is 0 Å². The van der Waals surface area contributed by atoms with Crippen molar-refractivity contribution in [3.05, 3.63) is 45.9 Å². The number of nitrogens with zero attached hydrogens (tertiary/aromatic N) is 2. The number of thiazole rings is 1. The lowest BCUT2D eigenvalue weighted by Gasteiger charge is -2.18. The van der Waals surface area contributed by atoms with Crippen LogP contribution < -0.4 is 5.32 Å². The Balaban J connectivity index is 2.21. The van der Waals surface area contributed by atoms with Gasteiger partial charge in [-0.05, 0) is 12.6 Å². The van der Waals surface area contributed by atoms with Crippen LogP contribution >= 0.6 is 11.3 Å². The van der Waals surface area contributed by atoms with Gasteiger partial charge in [0.1, 0.15) is 5.82 Å². The average Bonchev–Trinajstić information content (AvgIpc) is 2.87. The van der Waals surface area contributed by atoms with E-state index in [-0.39, 0.29) is 17.3 Å². The van der Waals surface area contributed by atoms with Gasteiger partial charge >= 0.3 is 0 Å². The highest BCUT2D eigenvalue weighted by molar-refractivity contribution is 7.09. The minimum absolute atomic E-state index is 0.0460. The van der Waals surface area contributed by atoms with Crippen LogP contribution in [0.1, 0.15) is 50.0 Å². The zero-order valence-corrected chi connectivity index (χ0v) is 13.8. The predicted octanol–water partition coefficient (Wildman–Crippen LogP) is 3.87. The van der Waals surface area contributed by atoms with E-state index in [1.54, 1.807) is 23.6 Å². The van der Waals surface area contributed by atoms with Crippen LogP contribution in [0, 0.1) is 5.82 Å². The first-order chi connectivity index (χ1) is 9.91. The molecule has 0 saturated heterocycles. The molecule has 0 aliphatic heterocycles. The maximum Gasteiger partial charge on any atom is 0.146 e. The average molecular weight is 307 g/mol. The smallest absolute Gasteiger partial charge is 0.146 e. The van der Waals surface area contributed by atoms with Crippen LogP contribution in [-0.2, 0) is 11.8 Å². The Morgan fingerprint density at radius 2 is 2.14 bits per heavy atom. The maximum atomic E-state index is 13.9. The highest BCUT2D eigenvalue weighted by Gasteiger charge is 2.20. The molecule has 0 bridgehead atoms. The molecule has 1 unspecified atom stereocenters. The van der Waals surface area contributed by atoms with Crippen molar-refractivity contribution in [2.24, 2.45) is 0 Å². The fraction of sp³-hybridized carbons (Fsp3) is 0.500. The number of rotatable bonds is 5. The van der Waals surface area contributed by atoms with Gasteiger partial charge in [0.2, 0.25) is 0 Å². The summed E-state index contributed by atoms with van der Waals surface area (Å²) in [6.45, 7) is 9.25. The lowest BCUT2D eigenvalue weighted by molar-refractivity contribution is 0.504. The molecule has 114 valence electrons. The number of nitrogens with one attached hydrogen (secondary N) is 1. The molecule has 0 fully saturated rings. The maximum absolute atomic E-state index is 13.9. The lowest BCUT2D eigenvalue weighted by atomic mass is 9.93. The third-order valence-electron chi connectivity index (χ3n) is 3.33. The molecule has 5 heteroatoms. The van der Waals surface area contributed by atoms with Crippen molar-refractivity contribution < 1.29 is 4.39 Å². The first kappa shape index (κ1) is 16.0. The van der Waals surface area contributed by atoms with E-state index in [4.69, 9.17) is 4.98 Å². The predicted molar refractivity (Wildman–Crippen MR) is 85.1 cm³/mol. The molecule has 3 nitrogen and oxygen atoms in total. The van der Waals surface area contributed by atoms with Crippen LogP contribution in [0.3, 0.4) is 0 Å². The summed E-state index contributed by atoms with van der Waals surface area (Å²) >= 11 is 1.64. The second kappa shape index (κ2) is 6.62. The van der Waals surface area contributed by atoms with Crippen LogP contribution in [0.2, 0.25) is 0 Å². The van der Waals surface area contributed by atoms with Gasteiger partial charge in [0.15, 0.2) is 0 Å². The molecule has 21 heavy (non-hydrogen) atoms. The topological polar surface area (TPSA) is 37.8 Å². The lowest BCUT2D eigenvalue weighted by Crippen LogP contribution is -2.24. The van der Waals surface area contributed by atoms with E-state index in [9.17, 15) is 4.39 Å². The van der Waals surface area contributed by atoms with Crippen molar-refractivity contribution in [3.8, 4) is 0 Å². The third-order valence-corrected chi connectivity index (χ3v) is 4.20. The van der Waals surface area contributed by atoms with Crippen molar-refractivity contribution >= 4 is 11.3 Å². The van der Waals surface area contributed by atoms with Crippen molar-refractivity contribution in [2.75, 3.05) is 6.54 Å². The van der Waals surface area contributed by atoms with Gasteiger partial charge in [-0.2, -0.15) is 0 Å². The fourth-order valence-electron chi connectivity index (χ4n) is 2.13. The zero-order chi connectivity index (χ0) is 15.5. The van der Waals surface area contributed by atoms with E-state index in [1.165, 1.54) is 6.20 Å². The summed E-state index contributed by atoms with van der Waals surface area (Å²) in [4.78, 5) is 8.51.